The van der Waals surface area contributed by atoms with E-state index in [1.807, 2.05) is 18.2 Å². The van der Waals surface area contributed by atoms with Gasteiger partial charge in [-0.25, -0.2) is 0 Å². The fourth-order valence-electron chi connectivity index (χ4n) is 5.64. The zero-order valence-electron chi connectivity index (χ0n) is 14.9. The van der Waals surface area contributed by atoms with Gasteiger partial charge in [0.1, 0.15) is 0 Å². The van der Waals surface area contributed by atoms with Crippen LogP contribution in [0.15, 0.2) is 24.3 Å². The second-order valence-corrected chi connectivity index (χ2v) is 8.04. The van der Waals surface area contributed by atoms with Crippen molar-refractivity contribution in [1.82, 2.24) is 5.32 Å². The van der Waals surface area contributed by atoms with Crippen LogP contribution in [0.25, 0.3) is 0 Å². The van der Waals surface area contributed by atoms with Gasteiger partial charge >= 0.3 is 0 Å². The Morgan fingerprint density at radius 3 is 2.23 bits per heavy atom. The molecule has 4 aliphatic rings. The maximum Gasteiger partial charge on any atom is 0.253 e. The van der Waals surface area contributed by atoms with Crippen LogP contribution in [0, 0.1) is 29.6 Å². The number of nitrogens with two attached hydrogens (primary N) is 1. The third-order valence-electron chi connectivity index (χ3n) is 6.39. The largest absolute Gasteiger partial charge is 0.351 e. The molecule has 0 spiro atoms. The van der Waals surface area contributed by atoms with Crippen molar-refractivity contribution in [3.63, 3.8) is 0 Å². The highest BCUT2D eigenvalue weighted by molar-refractivity contribution is 6.04. The molecule has 4 aliphatic carbocycles. The molecule has 5 nitrogen and oxygen atoms in total. The predicted octanol–water partition coefficient (Wildman–Crippen LogP) is 2.81. The molecule has 4 bridgehead atoms. The summed E-state index contributed by atoms with van der Waals surface area (Å²) < 4.78 is 0. The van der Waals surface area contributed by atoms with Crippen LogP contribution < -0.4 is 16.4 Å². The number of halogens is 1. The molecular formula is C20H28ClN3O2. The molecule has 1 aromatic rings. The quantitative estimate of drug-likeness (QED) is 0.737. The van der Waals surface area contributed by atoms with Gasteiger partial charge in [-0.05, 0) is 67.9 Å². The van der Waals surface area contributed by atoms with Crippen molar-refractivity contribution in [1.29, 1.82) is 0 Å². The molecule has 0 heterocycles. The Balaban J connectivity index is 0.00000196. The van der Waals surface area contributed by atoms with E-state index >= 15 is 0 Å². The lowest BCUT2D eigenvalue weighted by molar-refractivity contribution is -0.132. The molecule has 0 aromatic heterocycles. The van der Waals surface area contributed by atoms with Gasteiger partial charge in [0.25, 0.3) is 5.91 Å². The SMILES string of the molecule is Cl.NCCNC(=O)c1ccccc1NC(=O)C1C2CC3CC(C2)CC1C3. The smallest absolute Gasteiger partial charge is 0.253 e. The number of amides is 2. The first-order chi connectivity index (χ1) is 12.2. The van der Waals surface area contributed by atoms with E-state index in [1.54, 1.807) is 6.07 Å². The van der Waals surface area contributed by atoms with Crippen molar-refractivity contribution in [2.45, 2.75) is 32.1 Å². The van der Waals surface area contributed by atoms with E-state index in [0.717, 1.165) is 11.8 Å². The predicted molar refractivity (Wildman–Crippen MR) is 104 cm³/mol. The molecule has 0 unspecified atom stereocenters. The van der Waals surface area contributed by atoms with Crippen LogP contribution in [0.4, 0.5) is 5.69 Å². The Hall–Kier alpha value is -1.59. The molecule has 4 saturated carbocycles. The molecular weight excluding hydrogens is 350 g/mol. The van der Waals surface area contributed by atoms with Crippen molar-refractivity contribution in [3.05, 3.63) is 29.8 Å². The third kappa shape index (κ3) is 3.60. The van der Waals surface area contributed by atoms with Gasteiger partial charge in [0.15, 0.2) is 0 Å². The first-order valence-corrected chi connectivity index (χ1v) is 9.54. The normalized spacial score (nSPS) is 31.2. The summed E-state index contributed by atoms with van der Waals surface area (Å²) in [4.78, 5) is 25.3. The summed E-state index contributed by atoms with van der Waals surface area (Å²) in [5, 5.41) is 5.84. The minimum absolute atomic E-state index is 0. The lowest BCUT2D eigenvalue weighted by Crippen LogP contribution is -2.49. The summed E-state index contributed by atoms with van der Waals surface area (Å²) in [6, 6.07) is 7.23. The average molecular weight is 378 g/mol. The first-order valence-electron chi connectivity index (χ1n) is 9.54. The Kier molecular flexibility index (Phi) is 5.88. The molecule has 0 aliphatic heterocycles. The van der Waals surface area contributed by atoms with Crippen LogP contribution >= 0.6 is 12.4 Å². The minimum atomic E-state index is -0.188. The zero-order valence-corrected chi connectivity index (χ0v) is 15.8. The van der Waals surface area contributed by atoms with Crippen LogP contribution in [0.2, 0.25) is 0 Å². The van der Waals surface area contributed by atoms with Gasteiger partial charge in [-0.15, -0.1) is 12.4 Å². The fourth-order valence-corrected chi connectivity index (χ4v) is 5.64. The van der Waals surface area contributed by atoms with Gasteiger partial charge in [0.05, 0.1) is 11.3 Å². The lowest BCUT2D eigenvalue weighted by atomic mass is 9.51. The van der Waals surface area contributed by atoms with Gasteiger partial charge in [-0.1, -0.05) is 12.1 Å². The average Bonchev–Trinajstić information content (AvgIpc) is 2.59. The maximum absolute atomic E-state index is 13.0. The van der Waals surface area contributed by atoms with Gasteiger partial charge in [0, 0.05) is 19.0 Å². The molecule has 26 heavy (non-hydrogen) atoms. The number of carbonyl (C=O) groups excluding carboxylic acids is 2. The summed E-state index contributed by atoms with van der Waals surface area (Å²) in [6.45, 7) is 0.824. The van der Waals surface area contributed by atoms with Crippen LogP contribution in [0.1, 0.15) is 42.5 Å². The second-order valence-electron chi connectivity index (χ2n) is 8.04. The van der Waals surface area contributed by atoms with Crippen molar-refractivity contribution in [2.75, 3.05) is 18.4 Å². The van der Waals surface area contributed by atoms with E-state index in [2.05, 4.69) is 10.6 Å². The Morgan fingerprint density at radius 1 is 1.00 bits per heavy atom. The molecule has 0 radical (unpaired) electrons. The number of anilines is 1. The van der Waals surface area contributed by atoms with Crippen LogP contribution in [0.5, 0.6) is 0 Å². The standard InChI is InChI=1S/C20H27N3O2.ClH/c21-5-6-22-19(24)16-3-1-2-4-17(16)23-20(25)18-14-8-12-7-13(10-14)11-15(18)9-12;/h1-4,12-15,18H,5-11,21H2,(H,22,24)(H,23,25);1H. The Morgan fingerprint density at radius 2 is 1.62 bits per heavy atom. The molecule has 0 atom stereocenters. The van der Waals surface area contributed by atoms with E-state index in [9.17, 15) is 9.59 Å². The molecule has 2 amide bonds. The number of rotatable bonds is 5. The zero-order chi connectivity index (χ0) is 17.4. The number of para-hydroxylation sites is 1. The van der Waals surface area contributed by atoms with Gasteiger partial charge < -0.3 is 16.4 Å². The highest BCUT2D eigenvalue weighted by Crippen LogP contribution is 2.56. The van der Waals surface area contributed by atoms with Crippen molar-refractivity contribution in [3.8, 4) is 0 Å². The molecule has 5 rings (SSSR count). The van der Waals surface area contributed by atoms with Crippen molar-refractivity contribution < 1.29 is 9.59 Å². The fraction of sp³-hybridized carbons (Fsp3) is 0.600. The summed E-state index contributed by atoms with van der Waals surface area (Å²) in [7, 11) is 0. The first kappa shape index (κ1) is 19.2. The highest BCUT2D eigenvalue weighted by atomic mass is 35.5. The van der Waals surface area contributed by atoms with Crippen LogP contribution in [-0.4, -0.2) is 24.9 Å². The van der Waals surface area contributed by atoms with Gasteiger partial charge in [0.2, 0.25) is 5.91 Å². The van der Waals surface area contributed by atoms with E-state index in [4.69, 9.17) is 5.73 Å². The summed E-state index contributed by atoms with van der Waals surface area (Å²) in [5.41, 5.74) is 6.57. The number of benzene rings is 1. The number of hydrogen-bond acceptors (Lipinski definition) is 3. The number of hydrogen-bond donors (Lipinski definition) is 3. The summed E-state index contributed by atoms with van der Waals surface area (Å²) >= 11 is 0. The molecule has 4 N–H and O–H groups in total. The van der Waals surface area contributed by atoms with E-state index in [1.165, 1.54) is 32.1 Å². The Labute approximate surface area is 160 Å². The summed E-state index contributed by atoms with van der Waals surface area (Å²) in [6.07, 6.45) is 6.23. The monoisotopic (exact) mass is 377 g/mol. The second kappa shape index (κ2) is 7.97. The number of nitrogens with one attached hydrogen (secondary N) is 2. The van der Waals surface area contributed by atoms with Gasteiger partial charge in [-0.2, -0.15) is 0 Å². The van der Waals surface area contributed by atoms with Crippen molar-refractivity contribution >= 4 is 29.9 Å². The van der Waals surface area contributed by atoms with E-state index in [-0.39, 0.29) is 30.1 Å². The lowest BCUT2D eigenvalue weighted by Gasteiger charge is -2.53. The molecule has 4 fully saturated rings. The topological polar surface area (TPSA) is 84.2 Å². The molecule has 6 heteroatoms. The molecule has 0 saturated heterocycles. The summed E-state index contributed by atoms with van der Waals surface area (Å²) in [5.74, 6) is 2.80. The molecule has 142 valence electrons. The maximum atomic E-state index is 13.0. The number of carbonyl (C=O) groups is 2. The van der Waals surface area contributed by atoms with E-state index < -0.39 is 0 Å². The van der Waals surface area contributed by atoms with Crippen LogP contribution in [-0.2, 0) is 4.79 Å². The minimum Gasteiger partial charge on any atom is -0.351 e. The van der Waals surface area contributed by atoms with Crippen LogP contribution in [0.3, 0.4) is 0 Å². The van der Waals surface area contributed by atoms with E-state index in [0.29, 0.717) is 36.2 Å². The third-order valence-corrected chi connectivity index (χ3v) is 6.39. The van der Waals surface area contributed by atoms with Crippen molar-refractivity contribution in [2.24, 2.45) is 35.3 Å². The van der Waals surface area contributed by atoms with Gasteiger partial charge in [-0.3, -0.25) is 9.59 Å². The highest BCUT2D eigenvalue weighted by Gasteiger charge is 2.50. The molecule has 1 aromatic carbocycles. The Bertz CT molecular complexity index is 651.